The average molecular weight is 440 g/mol. The molecule has 0 atom stereocenters. The van der Waals surface area contributed by atoms with E-state index in [0.717, 1.165) is 0 Å². The van der Waals surface area contributed by atoms with Crippen LogP contribution in [0.15, 0.2) is 32.3 Å². The number of hydrogen-bond donors (Lipinski definition) is 3. The molecule has 1 aromatic carbocycles. The second-order valence-corrected chi connectivity index (χ2v) is 7.78. The molecule has 12 heteroatoms. The van der Waals surface area contributed by atoms with Crippen LogP contribution in [0.5, 0.6) is 11.6 Å². The van der Waals surface area contributed by atoms with Crippen molar-refractivity contribution in [1.29, 1.82) is 0 Å². The van der Waals surface area contributed by atoms with E-state index in [0.29, 0.717) is 5.56 Å². The molecule has 3 N–H and O–H groups in total. The summed E-state index contributed by atoms with van der Waals surface area (Å²) in [5, 5.41) is 12.1. The molecular weight excluding hydrogens is 425 g/mol. The van der Waals surface area contributed by atoms with Gasteiger partial charge in [-0.3, -0.25) is 19.1 Å². The first-order valence-electron chi connectivity index (χ1n) is 8.19. The Morgan fingerprint density at radius 3 is 2.38 bits per heavy atom. The van der Waals surface area contributed by atoms with Gasteiger partial charge in [0.25, 0.3) is 11.5 Å². The number of H-pyrrole nitrogens is 2. The molecule has 3 aromatic rings. The Labute approximate surface area is 173 Å². The number of nitrogens with zero attached hydrogens (tertiary/aromatic N) is 2. The molecule has 29 heavy (non-hydrogen) atoms. The van der Waals surface area contributed by atoms with E-state index in [1.807, 2.05) is 20.8 Å². The maximum atomic E-state index is 12.0. The first-order chi connectivity index (χ1) is 13.5. The van der Waals surface area contributed by atoms with Gasteiger partial charge in [0, 0.05) is 17.3 Å². The zero-order chi connectivity index (χ0) is 21.3. The van der Waals surface area contributed by atoms with Crippen molar-refractivity contribution in [1.82, 2.24) is 20.3 Å². The van der Waals surface area contributed by atoms with E-state index in [1.54, 1.807) is 0 Å². The Morgan fingerprint density at radius 2 is 1.83 bits per heavy atom. The van der Waals surface area contributed by atoms with Crippen molar-refractivity contribution in [3.05, 3.63) is 60.5 Å². The SMILES string of the molecule is CC(C)(C)c1cc(Oc2c(Cl)cc(NC(=O)c3noc(=O)[nH]3)cc2Cl)n[nH]c1=O. The number of carbonyl (C=O) groups excluding carboxylic acids is 1. The number of aromatic amines is 2. The number of aromatic nitrogens is 4. The van der Waals surface area contributed by atoms with Gasteiger partial charge in [0.05, 0.1) is 10.0 Å². The van der Waals surface area contributed by atoms with Gasteiger partial charge in [0.1, 0.15) is 0 Å². The molecule has 0 fully saturated rings. The van der Waals surface area contributed by atoms with Gasteiger partial charge in [0.2, 0.25) is 11.7 Å². The summed E-state index contributed by atoms with van der Waals surface area (Å²) in [6, 6.07) is 4.27. The highest BCUT2D eigenvalue weighted by Gasteiger charge is 2.21. The number of anilines is 1. The summed E-state index contributed by atoms with van der Waals surface area (Å²) in [6.07, 6.45) is 0. The zero-order valence-electron chi connectivity index (χ0n) is 15.4. The number of carbonyl (C=O) groups is 1. The van der Waals surface area contributed by atoms with Crippen LogP contribution in [0.4, 0.5) is 5.69 Å². The molecule has 3 rings (SSSR count). The van der Waals surface area contributed by atoms with Crippen LogP contribution in [0.1, 0.15) is 37.0 Å². The molecule has 1 amide bonds. The largest absolute Gasteiger partial charge is 0.439 e. The summed E-state index contributed by atoms with van der Waals surface area (Å²) < 4.78 is 9.92. The van der Waals surface area contributed by atoms with E-state index in [4.69, 9.17) is 27.9 Å². The Morgan fingerprint density at radius 1 is 1.17 bits per heavy atom. The molecule has 0 saturated carbocycles. The topological polar surface area (TPSA) is 143 Å². The number of rotatable bonds is 4. The Balaban J connectivity index is 1.86. The minimum absolute atomic E-state index is 0.0757. The summed E-state index contributed by atoms with van der Waals surface area (Å²) in [4.78, 5) is 37.0. The standard InChI is InChI=1S/C17H15Cl2N5O5/c1-17(2,3)8-6-11(22-23-14(8)25)28-12-9(18)4-7(5-10(12)19)20-15(26)13-21-16(27)29-24-13/h4-6H,1-3H3,(H,20,26)(H,23,25)(H,21,24,27). The van der Waals surface area contributed by atoms with Crippen molar-refractivity contribution in [3.8, 4) is 11.6 Å². The van der Waals surface area contributed by atoms with Gasteiger partial charge in [-0.05, 0) is 22.7 Å². The number of halogens is 2. The number of nitrogens with one attached hydrogen (secondary N) is 3. The molecule has 0 aliphatic rings. The maximum Gasteiger partial charge on any atom is 0.439 e. The number of amides is 1. The van der Waals surface area contributed by atoms with E-state index in [2.05, 4.69) is 30.2 Å². The monoisotopic (exact) mass is 439 g/mol. The van der Waals surface area contributed by atoms with Crippen molar-refractivity contribution in [2.75, 3.05) is 5.32 Å². The normalized spacial score (nSPS) is 11.3. The fourth-order valence-electron chi connectivity index (χ4n) is 2.35. The van der Waals surface area contributed by atoms with Crippen LogP contribution >= 0.6 is 23.2 Å². The zero-order valence-corrected chi connectivity index (χ0v) is 16.9. The van der Waals surface area contributed by atoms with Gasteiger partial charge in [-0.25, -0.2) is 9.89 Å². The molecule has 152 valence electrons. The first-order valence-corrected chi connectivity index (χ1v) is 8.94. The molecule has 2 aromatic heterocycles. The molecule has 0 bridgehead atoms. The average Bonchev–Trinajstić information content (AvgIpc) is 3.05. The lowest BCUT2D eigenvalue weighted by Gasteiger charge is -2.18. The van der Waals surface area contributed by atoms with Gasteiger partial charge >= 0.3 is 5.76 Å². The number of hydrogen-bond acceptors (Lipinski definition) is 7. The highest BCUT2D eigenvalue weighted by molar-refractivity contribution is 6.37. The van der Waals surface area contributed by atoms with E-state index in [9.17, 15) is 14.4 Å². The predicted molar refractivity (Wildman–Crippen MR) is 105 cm³/mol. The fourth-order valence-corrected chi connectivity index (χ4v) is 2.91. The maximum absolute atomic E-state index is 12.0. The minimum atomic E-state index is -0.863. The second kappa shape index (κ2) is 7.72. The number of benzene rings is 1. The van der Waals surface area contributed by atoms with E-state index >= 15 is 0 Å². The summed E-state index contributed by atoms with van der Waals surface area (Å²) in [6.45, 7) is 5.63. The van der Waals surface area contributed by atoms with Crippen molar-refractivity contribution in [2.45, 2.75) is 26.2 Å². The third kappa shape index (κ3) is 4.66. The highest BCUT2D eigenvalue weighted by atomic mass is 35.5. The lowest BCUT2D eigenvalue weighted by Crippen LogP contribution is -2.25. The molecule has 0 spiro atoms. The molecular formula is C17H15Cl2N5O5. The van der Waals surface area contributed by atoms with Gasteiger partial charge in [-0.15, -0.1) is 5.10 Å². The van der Waals surface area contributed by atoms with Gasteiger partial charge in [0.15, 0.2) is 5.75 Å². The molecule has 0 radical (unpaired) electrons. The van der Waals surface area contributed by atoms with Crippen LogP contribution in [0, 0.1) is 0 Å². The number of ether oxygens (including phenoxy) is 1. The third-order valence-corrected chi connectivity index (χ3v) is 4.27. The van der Waals surface area contributed by atoms with E-state index < -0.39 is 17.1 Å². The van der Waals surface area contributed by atoms with Crippen LogP contribution in [0.3, 0.4) is 0 Å². The Hall–Kier alpha value is -3.11. The summed E-state index contributed by atoms with van der Waals surface area (Å²) >= 11 is 12.5. The first kappa shape index (κ1) is 20.6. The van der Waals surface area contributed by atoms with Crippen LogP contribution in [0.2, 0.25) is 10.0 Å². The third-order valence-electron chi connectivity index (χ3n) is 3.71. The van der Waals surface area contributed by atoms with Crippen molar-refractivity contribution in [2.24, 2.45) is 0 Å². The molecule has 2 heterocycles. The van der Waals surface area contributed by atoms with Crippen LogP contribution in [-0.2, 0) is 5.41 Å². The molecule has 0 unspecified atom stereocenters. The predicted octanol–water partition coefficient (Wildman–Crippen LogP) is 3.10. The Bertz CT molecular complexity index is 1170. The van der Waals surface area contributed by atoms with Gasteiger partial charge < -0.3 is 10.1 Å². The smallest absolute Gasteiger partial charge is 0.434 e. The Kier molecular flexibility index (Phi) is 5.49. The molecule has 10 nitrogen and oxygen atoms in total. The lowest BCUT2D eigenvalue weighted by atomic mass is 9.88. The highest BCUT2D eigenvalue weighted by Crippen LogP contribution is 2.38. The fraction of sp³-hybridized carbons (Fsp3) is 0.235. The quantitative estimate of drug-likeness (QED) is 0.566. The van der Waals surface area contributed by atoms with Crippen LogP contribution in [-0.4, -0.2) is 26.2 Å². The minimum Gasteiger partial charge on any atom is -0.434 e. The van der Waals surface area contributed by atoms with E-state index in [1.165, 1.54) is 18.2 Å². The van der Waals surface area contributed by atoms with Gasteiger partial charge in [-0.2, -0.15) is 0 Å². The van der Waals surface area contributed by atoms with Gasteiger partial charge in [-0.1, -0.05) is 44.0 Å². The molecule has 0 saturated heterocycles. The van der Waals surface area contributed by atoms with Crippen molar-refractivity contribution >= 4 is 34.8 Å². The van der Waals surface area contributed by atoms with Crippen molar-refractivity contribution in [3.63, 3.8) is 0 Å². The van der Waals surface area contributed by atoms with Crippen molar-refractivity contribution < 1.29 is 14.1 Å². The summed E-state index contributed by atoms with van der Waals surface area (Å²) in [5.41, 5.74) is -0.0596. The van der Waals surface area contributed by atoms with E-state index in [-0.39, 0.29) is 38.7 Å². The molecule has 0 aliphatic heterocycles. The summed E-state index contributed by atoms with van der Waals surface area (Å²) in [5.74, 6) is -1.72. The second-order valence-electron chi connectivity index (χ2n) is 6.97. The van der Waals surface area contributed by atoms with Crippen LogP contribution < -0.4 is 21.4 Å². The lowest BCUT2D eigenvalue weighted by molar-refractivity contribution is 0.101. The summed E-state index contributed by atoms with van der Waals surface area (Å²) in [7, 11) is 0. The van der Waals surface area contributed by atoms with Crippen LogP contribution in [0.25, 0.3) is 0 Å². The molecule has 0 aliphatic carbocycles.